The van der Waals surface area contributed by atoms with Crippen molar-refractivity contribution in [2.45, 2.75) is 45.7 Å². The van der Waals surface area contributed by atoms with Crippen LogP contribution in [0.25, 0.3) is 0 Å². The molecule has 0 aliphatic heterocycles. The fraction of sp³-hybridized carbons (Fsp3) is 0.438. The minimum atomic E-state index is 0.475. The van der Waals surface area contributed by atoms with Crippen molar-refractivity contribution in [2.24, 2.45) is 0 Å². The normalized spacial score (nSPS) is 12.3. The maximum Gasteiger partial charge on any atom is 0.0948 e. The summed E-state index contributed by atoms with van der Waals surface area (Å²) < 4.78 is 2.20. The lowest BCUT2D eigenvalue weighted by molar-refractivity contribution is 0.529. The molecule has 2 aromatic rings. The van der Waals surface area contributed by atoms with Gasteiger partial charge in [-0.25, -0.2) is 4.98 Å². The molecule has 1 heterocycles. The van der Waals surface area contributed by atoms with Crippen molar-refractivity contribution >= 4 is 17.3 Å². The lowest BCUT2D eigenvalue weighted by Gasteiger charge is -2.20. The number of imidazole rings is 1. The Morgan fingerprint density at radius 3 is 2.60 bits per heavy atom. The first-order valence-corrected chi connectivity index (χ1v) is 7.55. The molecule has 2 rings (SSSR count). The second-order valence-corrected chi connectivity index (χ2v) is 5.59. The Bertz CT molecular complexity index is 519. The molecule has 20 heavy (non-hydrogen) atoms. The summed E-state index contributed by atoms with van der Waals surface area (Å²) in [6.07, 6.45) is 7.24. The van der Waals surface area contributed by atoms with Gasteiger partial charge in [-0.05, 0) is 44.0 Å². The van der Waals surface area contributed by atoms with Crippen molar-refractivity contribution in [3.8, 4) is 0 Å². The molecule has 0 saturated heterocycles. The zero-order chi connectivity index (χ0) is 14.4. The monoisotopic (exact) mass is 291 g/mol. The Morgan fingerprint density at radius 1 is 1.25 bits per heavy atom. The van der Waals surface area contributed by atoms with E-state index in [4.69, 9.17) is 11.6 Å². The summed E-state index contributed by atoms with van der Waals surface area (Å²) in [4.78, 5) is 4.17. The van der Waals surface area contributed by atoms with E-state index in [9.17, 15) is 0 Å². The van der Waals surface area contributed by atoms with Crippen LogP contribution in [0.3, 0.4) is 0 Å². The topological polar surface area (TPSA) is 29.9 Å². The number of hydrogen-bond acceptors (Lipinski definition) is 2. The van der Waals surface area contributed by atoms with Crippen molar-refractivity contribution in [3.05, 3.63) is 47.5 Å². The highest BCUT2D eigenvalue weighted by Crippen LogP contribution is 2.17. The molecule has 1 aromatic carbocycles. The van der Waals surface area contributed by atoms with Gasteiger partial charge in [-0.3, -0.25) is 0 Å². The largest absolute Gasteiger partial charge is 0.382 e. The van der Waals surface area contributed by atoms with E-state index in [1.165, 1.54) is 12.1 Å². The van der Waals surface area contributed by atoms with Crippen molar-refractivity contribution in [1.82, 2.24) is 9.55 Å². The van der Waals surface area contributed by atoms with E-state index >= 15 is 0 Å². The highest BCUT2D eigenvalue weighted by molar-refractivity contribution is 6.30. The van der Waals surface area contributed by atoms with Crippen LogP contribution in [-0.4, -0.2) is 15.6 Å². The smallest absolute Gasteiger partial charge is 0.0948 e. The van der Waals surface area contributed by atoms with Crippen LogP contribution >= 0.6 is 11.6 Å². The molecule has 0 amide bonds. The van der Waals surface area contributed by atoms with Crippen LogP contribution in [0, 0.1) is 6.92 Å². The fourth-order valence-electron chi connectivity index (χ4n) is 2.33. The Labute approximate surface area is 126 Å². The van der Waals surface area contributed by atoms with Gasteiger partial charge >= 0.3 is 0 Å². The third-order valence-electron chi connectivity index (χ3n) is 3.49. The van der Waals surface area contributed by atoms with E-state index in [-0.39, 0.29) is 0 Å². The molecule has 0 fully saturated rings. The number of aryl methyl sites for hydroxylation is 2. The number of nitrogens with one attached hydrogen (secondary N) is 1. The Kier molecular flexibility index (Phi) is 5.48. The number of halogens is 1. The van der Waals surface area contributed by atoms with Gasteiger partial charge in [0.1, 0.15) is 0 Å². The minimum Gasteiger partial charge on any atom is -0.382 e. The second kappa shape index (κ2) is 7.34. The molecule has 1 unspecified atom stereocenters. The zero-order valence-electron chi connectivity index (χ0n) is 12.1. The lowest BCUT2D eigenvalue weighted by atomic mass is 10.1. The molecule has 0 saturated carbocycles. The molecular formula is C16H22ClN3. The maximum atomic E-state index is 5.92. The Balaban J connectivity index is 1.93. The first-order chi connectivity index (χ1) is 9.69. The van der Waals surface area contributed by atoms with Crippen LogP contribution in [0.15, 0.2) is 36.8 Å². The van der Waals surface area contributed by atoms with Gasteiger partial charge in [0.2, 0.25) is 0 Å². The molecule has 108 valence electrons. The van der Waals surface area contributed by atoms with Crippen LogP contribution in [-0.2, 0) is 6.54 Å². The zero-order valence-corrected chi connectivity index (χ0v) is 12.9. The number of hydrogen-bond donors (Lipinski definition) is 1. The third-order valence-corrected chi connectivity index (χ3v) is 3.74. The molecule has 3 nitrogen and oxygen atoms in total. The summed E-state index contributed by atoms with van der Waals surface area (Å²) in [5.74, 6) is 0. The Morgan fingerprint density at radius 2 is 2.00 bits per heavy atom. The van der Waals surface area contributed by atoms with E-state index < -0.39 is 0 Å². The summed E-state index contributed by atoms with van der Waals surface area (Å²) in [5.41, 5.74) is 2.35. The van der Waals surface area contributed by atoms with Crippen LogP contribution in [0.5, 0.6) is 0 Å². The molecule has 0 aliphatic carbocycles. The average Bonchev–Trinajstić information content (AvgIpc) is 2.84. The molecule has 1 aromatic heterocycles. The standard InChI is InChI=1S/C16H22ClN3/c1-3-4-15(9-10-20-12-18-11-13(20)2)19-16-7-5-14(17)6-8-16/h5-8,11-12,15,19H,3-4,9-10H2,1-2H3. The first-order valence-electron chi connectivity index (χ1n) is 7.18. The van der Waals surface area contributed by atoms with Gasteiger partial charge in [0.25, 0.3) is 0 Å². The molecule has 1 N–H and O–H groups in total. The highest BCUT2D eigenvalue weighted by Gasteiger charge is 2.08. The lowest BCUT2D eigenvalue weighted by Crippen LogP contribution is -2.21. The second-order valence-electron chi connectivity index (χ2n) is 5.15. The Hall–Kier alpha value is -1.48. The molecular weight excluding hydrogens is 270 g/mol. The van der Waals surface area contributed by atoms with Gasteiger partial charge in [-0.15, -0.1) is 0 Å². The fourth-order valence-corrected chi connectivity index (χ4v) is 2.46. The third kappa shape index (κ3) is 4.27. The highest BCUT2D eigenvalue weighted by atomic mass is 35.5. The summed E-state index contributed by atoms with van der Waals surface area (Å²) in [5, 5.41) is 4.37. The molecule has 1 atom stereocenters. The van der Waals surface area contributed by atoms with Crippen molar-refractivity contribution in [2.75, 3.05) is 5.32 Å². The van der Waals surface area contributed by atoms with Crippen molar-refractivity contribution in [1.29, 1.82) is 0 Å². The van der Waals surface area contributed by atoms with E-state index in [2.05, 4.69) is 28.7 Å². The molecule has 0 bridgehead atoms. The number of benzene rings is 1. The van der Waals surface area contributed by atoms with Crippen molar-refractivity contribution < 1.29 is 0 Å². The number of rotatable bonds is 7. The van der Waals surface area contributed by atoms with Gasteiger partial charge < -0.3 is 9.88 Å². The average molecular weight is 292 g/mol. The van der Waals surface area contributed by atoms with Gasteiger partial charge in [0.05, 0.1) is 6.33 Å². The van der Waals surface area contributed by atoms with Gasteiger partial charge in [-0.2, -0.15) is 0 Å². The number of anilines is 1. The van der Waals surface area contributed by atoms with Gasteiger partial charge in [0.15, 0.2) is 0 Å². The number of aromatic nitrogens is 2. The van der Waals surface area contributed by atoms with Crippen LogP contribution in [0.2, 0.25) is 5.02 Å². The van der Waals surface area contributed by atoms with Crippen LogP contribution in [0.1, 0.15) is 31.9 Å². The van der Waals surface area contributed by atoms with Crippen LogP contribution < -0.4 is 5.32 Å². The predicted molar refractivity (Wildman–Crippen MR) is 85.4 cm³/mol. The summed E-state index contributed by atoms with van der Waals surface area (Å²) in [6.45, 7) is 5.31. The minimum absolute atomic E-state index is 0.475. The molecule has 4 heteroatoms. The molecule has 0 aliphatic rings. The molecule has 0 radical (unpaired) electrons. The van der Waals surface area contributed by atoms with Crippen LogP contribution in [0.4, 0.5) is 5.69 Å². The van der Waals surface area contributed by atoms with E-state index in [0.29, 0.717) is 6.04 Å². The number of nitrogens with zero attached hydrogens (tertiary/aromatic N) is 2. The van der Waals surface area contributed by atoms with E-state index in [0.717, 1.165) is 30.1 Å². The van der Waals surface area contributed by atoms with Crippen molar-refractivity contribution in [3.63, 3.8) is 0 Å². The quantitative estimate of drug-likeness (QED) is 0.813. The maximum absolute atomic E-state index is 5.92. The van der Waals surface area contributed by atoms with Gasteiger partial charge in [-0.1, -0.05) is 24.9 Å². The van der Waals surface area contributed by atoms with E-state index in [1.54, 1.807) is 0 Å². The predicted octanol–water partition coefficient (Wildman–Crippen LogP) is 4.52. The SMILES string of the molecule is CCCC(CCn1cncc1C)Nc1ccc(Cl)cc1. The summed E-state index contributed by atoms with van der Waals surface area (Å²) in [6, 6.07) is 8.39. The van der Waals surface area contributed by atoms with Gasteiger partial charge in [0, 0.05) is 35.2 Å². The molecule has 0 spiro atoms. The first kappa shape index (κ1) is 14.9. The summed E-state index contributed by atoms with van der Waals surface area (Å²) >= 11 is 5.92. The van der Waals surface area contributed by atoms with E-state index in [1.807, 2.05) is 36.8 Å². The summed E-state index contributed by atoms with van der Waals surface area (Å²) in [7, 11) is 0.